The molecule has 0 aliphatic heterocycles. The van der Waals surface area contributed by atoms with Crippen molar-refractivity contribution in [2.45, 2.75) is 19.4 Å². The van der Waals surface area contributed by atoms with Gasteiger partial charge in [-0.2, -0.15) is 0 Å². The predicted molar refractivity (Wildman–Crippen MR) is 73.7 cm³/mol. The number of carbonyl (C=O) groups is 1. The monoisotopic (exact) mass is 258 g/mol. The maximum Gasteiger partial charge on any atom is 0.220 e. The maximum absolute atomic E-state index is 11.5. The van der Waals surface area contributed by atoms with Crippen molar-refractivity contribution >= 4 is 5.91 Å². The van der Waals surface area contributed by atoms with E-state index in [1.54, 1.807) is 6.20 Å². The lowest BCUT2D eigenvalue weighted by molar-refractivity contribution is -0.121. The molecule has 0 unspecified atom stereocenters. The van der Waals surface area contributed by atoms with E-state index in [2.05, 4.69) is 10.3 Å². The number of imidazole rings is 1. The lowest BCUT2D eigenvalue weighted by atomic mass is 10.3. The second-order valence-electron chi connectivity index (χ2n) is 4.22. The summed E-state index contributed by atoms with van der Waals surface area (Å²) in [7, 11) is 0. The number of hydrogen-bond donors (Lipinski definition) is 2. The molecule has 100 valence electrons. The summed E-state index contributed by atoms with van der Waals surface area (Å²) < 4.78 is 1.96. The van der Waals surface area contributed by atoms with Crippen molar-refractivity contribution in [2.24, 2.45) is 5.73 Å². The highest BCUT2D eigenvalue weighted by molar-refractivity contribution is 5.75. The van der Waals surface area contributed by atoms with Crippen molar-refractivity contribution in [3.8, 4) is 5.69 Å². The van der Waals surface area contributed by atoms with E-state index in [0.29, 0.717) is 25.9 Å². The van der Waals surface area contributed by atoms with Gasteiger partial charge in [-0.05, 0) is 25.1 Å². The highest BCUT2D eigenvalue weighted by atomic mass is 16.1. The number of benzene rings is 1. The molecular weight excluding hydrogens is 240 g/mol. The first kappa shape index (κ1) is 13.3. The Balaban J connectivity index is 1.99. The molecule has 0 atom stereocenters. The fourth-order valence-corrected chi connectivity index (χ4v) is 1.82. The van der Waals surface area contributed by atoms with E-state index < -0.39 is 0 Å². The molecule has 0 bridgehead atoms. The number of nitrogens with one attached hydrogen (secondary N) is 1. The Morgan fingerprint density at radius 3 is 2.84 bits per heavy atom. The number of amides is 1. The van der Waals surface area contributed by atoms with Crippen LogP contribution >= 0.6 is 0 Å². The average molecular weight is 258 g/mol. The molecule has 0 spiro atoms. The largest absolute Gasteiger partial charge is 0.349 e. The van der Waals surface area contributed by atoms with Crippen molar-refractivity contribution in [1.29, 1.82) is 0 Å². The topological polar surface area (TPSA) is 72.9 Å². The van der Waals surface area contributed by atoms with Crippen LogP contribution in [0.1, 0.15) is 18.7 Å². The van der Waals surface area contributed by atoms with Crippen molar-refractivity contribution < 1.29 is 4.79 Å². The molecule has 5 heteroatoms. The Hall–Kier alpha value is -2.14. The van der Waals surface area contributed by atoms with Gasteiger partial charge < -0.3 is 15.6 Å². The number of nitrogens with two attached hydrogens (primary N) is 1. The minimum absolute atomic E-state index is 0.00746. The Kier molecular flexibility index (Phi) is 4.69. The summed E-state index contributed by atoms with van der Waals surface area (Å²) in [6.07, 6.45) is 4.78. The van der Waals surface area contributed by atoms with Crippen molar-refractivity contribution in [3.05, 3.63) is 48.5 Å². The molecule has 0 saturated carbocycles. The number of aromatic nitrogens is 2. The normalized spacial score (nSPS) is 10.4. The van der Waals surface area contributed by atoms with E-state index in [0.717, 1.165) is 11.5 Å². The zero-order chi connectivity index (χ0) is 13.5. The quantitative estimate of drug-likeness (QED) is 0.818. The molecule has 0 aliphatic rings. The third-order valence-corrected chi connectivity index (χ3v) is 2.80. The van der Waals surface area contributed by atoms with Crippen molar-refractivity contribution in [3.63, 3.8) is 0 Å². The van der Waals surface area contributed by atoms with E-state index >= 15 is 0 Å². The second kappa shape index (κ2) is 6.70. The van der Waals surface area contributed by atoms with Crippen molar-refractivity contribution in [2.75, 3.05) is 6.54 Å². The predicted octanol–water partition coefficient (Wildman–Crippen LogP) is 1.23. The molecular formula is C14H18N4O. The summed E-state index contributed by atoms with van der Waals surface area (Å²) in [6, 6.07) is 9.91. The second-order valence-corrected chi connectivity index (χ2v) is 4.22. The van der Waals surface area contributed by atoms with Gasteiger partial charge in [-0.15, -0.1) is 0 Å². The number of rotatable bonds is 6. The molecule has 0 saturated heterocycles. The Bertz CT molecular complexity index is 521. The SMILES string of the molecule is NCCCC(=O)NCc1nccn1-c1ccccc1. The van der Waals surface area contributed by atoms with Gasteiger partial charge in [-0.25, -0.2) is 4.98 Å². The van der Waals surface area contributed by atoms with Crippen LogP contribution in [-0.2, 0) is 11.3 Å². The highest BCUT2D eigenvalue weighted by Crippen LogP contribution is 2.09. The Morgan fingerprint density at radius 2 is 2.11 bits per heavy atom. The summed E-state index contributed by atoms with van der Waals surface area (Å²) in [5, 5.41) is 2.85. The maximum atomic E-state index is 11.5. The Labute approximate surface area is 112 Å². The van der Waals surface area contributed by atoms with Crippen molar-refractivity contribution in [1.82, 2.24) is 14.9 Å². The zero-order valence-electron chi connectivity index (χ0n) is 10.7. The van der Waals surface area contributed by atoms with Gasteiger partial charge >= 0.3 is 0 Å². The van der Waals surface area contributed by atoms with Crippen LogP contribution in [0.4, 0.5) is 0 Å². The van der Waals surface area contributed by atoms with Gasteiger partial charge in [0.2, 0.25) is 5.91 Å². The summed E-state index contributed by atoms with van der Waals surface area (Å²) in [5.74, 6) is 0.820. The van der Waals surface area contributed by atoms with Gasteiger partial charge in [0.25, 0.3) is 0 Å². The molecule has 3 N–H and O–H groups in total. The van der Waals surface area contributed by atoms with E-state index in [1.807, 2.05) is 41.1 Å². The molecule has 2 rings (SSSR count). The standard InChI is InChI=1S/C14H18N4O/c15-8-4-7-14(19)17-11-13-16-9-10-18(13)12-5-2-1-3-6-12/h1-3,5-6,9-10H,4,7-8,11,15H2,(H,17,19). The molecule has 1 aromatic carbocycles. The average Bonchev–Trinajstić information content (AvgIpc) is 2.92. The molecule has 0 radical (unpaired) electrons. The minimum Gasteiger partial charge on any atom is -0.349 e. The Morgan fingerprint density at radius 1 is 1.32 bits per heavy atom. The van der Waals surface area contributed by atoms with E-state index in [4.69, 9.17) is 5.73 Å². The summed E-state index contributed by atoms with van der Waals surface area (Å²) in [5.41, 5.74) is 6.40. The third kappa shape index (κ3) is 3.66. The fourth-order valence-electron chi connectivity index (χ4n) is 1.82. The molecule has 0 aliphatic carbocycles. The van der Waals surface area contributed by atoms with Crippen LogP contribution in [0.5, 0.6) is 0 Å². The smallest absolute Gasteiger partial charge is 0.220 e. The van der Waals surface area contributed by atoms with Gasteiger partial charge in [-0.3, -0.25) is 4.79 Å². The van der Waals surface area contributed by atoms with Gasteiger partial charge in [0.05, 0.1) is 6.54 Å². The van der Waals surface area contributed by atoms with Gasteiger partial charge in [0.15, 0.2) is 0 Å². The molecule has 0 fully saturated rings. The number of nitrogens with zero attached hydrogens (tertiary/aromatic N) is 2. The van der Waals surface area contributed by atoms with Gasteiger partial charge in [0, 0.05) is 24.5 Å². The highest BCUT2D eigenvalue weighted by Gasteiger charge is 2.06. The number of carbonyl (C=O) groups excluding carboxylic acids is 1. The molecule has 19 heavy (non-hydrogen) atoms. The van der Waals surface area contributed by atoms with E-state index in [9.17, 15) is 4.79 Å². The summed E-state index contributed by atoms with van der Waals surface area (Å²) >= 11 is 0. The van der Waals surface area contributed by atoms with Crippen LogP contribution in [-0.4, -0.2) is 22.0 Å². The zero-order valence-corrected chi connectivity index (χ0v) is 10.7. The lowest BCUT2D eigenvalue weighted by Gasteiger charge is -2.08. The summed E-state index contributed by atoms with van der Waals surface area (Å²) in [4.78, 5) is 15.8. The van der Waals surface area contributed by atoms with Crippen LogP contribution in [0.2, 0.25) is 0 Å². The molecule has 1 amide bonds. The van der Waals surface area contributed by atoms with E-state index in [1.165, 1.54) is 0 Å². The van der Waals surface area contributed by atoms with Gasteiger partial charge in [-0.1, -0.05) is 18.2 Å². The molecule has 1 heterocycles. The van der Waals surface area contributed by atoms with Gasteiger partial charge in [0.1, 0.15) is 5.82 Å². The minimum atomic E-state index is 0.00746. The number of hydrogen-bond acceptors (Lipinski definition) is 3. The number of para-hydroxylation sites is 1. The van der Waals surface area contributed by atoms with Crippen LogP contribution < -0.4 is 11.1 Å². The first-order chi connectivity index (χ1) is 9.31. The fraction of sp³-hybridized carbons (Fsp3) is 0.286. The summed E-state index contributed by atoms with van der Waals surface area (Å²) in [6.45, 7) is 0.956. The molecule has 1 aromatic heterocycles. The first-order valence-electron chi connectivity index (χ1n) is 6.35. The first-order valence-corrected chi connectivity index (χ1v) is 6.35. The van der Waals surface area contributed by atoms with Crippen LogP contribution in [0, 0.1) is 0 Å². The molecule has 5 nitrogen and oxygen atoms in total. The molecule has 2 aromatic rings. The van der Waals surface area contributed by atoms with Crippen LogP contribution in [0.25, 0.3) is 5.69 Å². The lowest BCUT2D eigenvalue weighted by Crippen LogP contribution is -2.24. The van der Waals surface area contributed by atoms with E-state index in [-0.39, 0.29) is 5.91 Å². The van der Waals surface area contributed by atoms with Crippen LogP contribution in [0.3, 0.4) is 0 Å². The third-order valence-electron chi connectivity index (χ3n) is 2.80. The van der Waals surface area contributed by atoms with Crippen LogP contribution in [0.15, 0.2) is 42.7 Å².